The molecule has 0 N–H and O–H groups in total. The van der Waals surface area contributed by atoms with E-state index in [9.17, 15) is 0 Å². The zero-order valence-corrected chi connectivity index (χ0v) is 49.2. The van der Waals surface area contributed by atoms with Crippen molar-refractivity contribution in [3.05, 3.63) is 357 Å². The van der Waals surface area contributed by atoms with Gasteiger partial charge in [-0.05, 0) is 200 Å². The van der Waals surface area contributed by atoms with Crippen LogP contribution < -0.4 is 9.80 Å². The molecule has 7 aromatic carbocycles. The highest BCUT2D eigenvalue weighted by Gasteiger charge is 2.54. The molecule has 414 valence electrons. The third kappa shape index (κ3) is 9.36. The van der Waals surface area contributed by atoms with Gasteiger partial charge in [0.05, 0.1) is 11.1 Å². The summed E-state index contributed by atoms with van der Waals surface area (Å²) in [5.41, 5.74) is 27.4. The zero-order chi connectivity index (χ0) is 57.4. The molecule has 7 aliphatic rings. The highest BCUT2D eigenvalue weighted by atomic mass is 15.2. The minimum atomic E-state index is -0.670. The predicted molar refractivity (Wildman–Crippen MR) is 362 cm³/mol. The molecule has 0 bridgehead atoms. The van der Waals surface area contributed by atoms with Gasteiger partial charge in [0, 0.05) is 40.6 Å². The van der Waals surface area contributed by atoms with Gasteiger partial charge in [-0.2, -0.15) is 0 Å². The van der Waals surface area contributed by atoms with Gasteiger partial charge in [-0.3, -0.25) is 0 Å². The molecule has 7 aromatic rings. The monoisotopic (exact) mass is 1100 g/mol. The lowest BCUT2D eigenvalue weighted by atomic mass is 9.61. The molecule has 14 rings (SSSR count). The van der Waals surface area contributed by atoms with Crippen LogP contribution in [0.3, 0.4) is 0 Å². The van der Waals surface area contributed by atoms with E-state index in [4.69, 9.17) is 0 Å². The number of rotatable bonds is 11. The molecule has 6 aliphatic carbocycles. The third-order valence-corrected chi connectivity index (χ3v) is 18.5. The molecule has 2 nitrogen and oxygen atoms in total. The summed E-state index contributed by atoms with van der Waals surface area (Å²) in [6.45, 7) is 11.9. The normalized spacial score (nSPS) is 22.5. The fourth-order valence-electron chi connectivity index (χ4n) is 14.7. The van der Waals surface area contributed by atoms with Gasteiger partial charge < -0.3 is 9.80 Å². The Labute approximate surface area is 503 Å². The quantitative estimate of drug-likeness (QED) is 0.127. The van der Waals surface area contributed by atoms with Gasteiger partial charge in [0.15, 0.2) is 0 Å². The van der Waals surface area contributed by atoms with Crippen molar-refractivity contribution in [1.82, 2.24) is 0 Å². The van der Waals surface area contributed by atoms with Crippen LogP contribution in [0.25, 0.3) is 39.1 Å². The van der Waals surface area contributed by atoms with Crippen molar-refractivity contribution in [2.24, 2.45) is 11.8 Å². The molecule has 85 heavy (non-hydrogen) atoms. The van der Waals surface area contributed by atoms with E-state index in [0.717, 1.165) is 49.9 Å². The number of hydrogen-bond acceptors (Lipinski definition) is 2. The summed E-state index contributed by atoms with van der Waals surface area (Å²) in [6, 6.07) is 57.9. The molecule has 0 amide bonds. The molecule has 1 heterocycles. The molecule has 0 saturated heterocycles. The van der Waals surface area contributed by atoms with E-state index < -0.39 is 5.41 Å². The maximum atomic E-state index is 4.53. The molecule has 2 heteroatoms. The molecule has 0 saturated carbocycles. The minimum absolute atomic E-state index is 0.321. The van der Waals surface area contributed by atoms with Gasteiger partial charge in [-0.25, -0.2) is 0 Å². The Morgan fingerprint density at radius 3 is 2.33 bits per heavy atom. The number of benzene rings is 7. The van der Waals surface area contributed by atoms with E-state index in [1.807, 2.05) is 0 Å². The largest absolute Gasteiger partial charge is 0.336 e. The standard InChI is InChI=1S/C83H72N2/c1-5-8-27-59-29-13-10-9-11-14-35-69(68(59)7-3)63-43-49-73-74-50-44-64(82-71-37-23-20-31-61(71)53-62-32-21-24-38-72(62)82)55-78(74)83(77(73)54-63)75-39-15-12-16-40-80(75)85(81-52-57(4)42-51-76(81)83)67-47-45-66(46-48-67)84(56-65-33-18-17-28-58(65)26-6-2)79-41-25-34-60-30-19-22-36-70(60)79/h6-11,14-34,36-41,43-52,54-55,57,61H,3,5,12-13,35,42,53,56H2,1-2,4H3/b10-9-,14-11-,26-6-,27-8-,59-29-,69-68+. The fraction of sp³-hybridized carbons (Fsp3) is 0.157. The fourth-order valence-corrected chi connectivity index (χ4v) is 14.7. The molecule has 0 fully saturated rings. The number of nitrogens with zero attached hydrogens (tertiary/aromatic N) is 2. The lowest BCUT2D eigenvalue weighted by molar-refractivity contribution is 0.648. The van der Waals surface area contributed by atoms with Crippen molar-refractivity contribution >= 4 is 45.1 Å². The van der Waals surface area contributed by atoms with Gasteiger partial charge >= 0.3 is 0 Å². The maximum absolute atomic E-state index is 4.53. The molecule has 1 spiro atoms. The van der Waals surface area contributed by atoms with E-state index in [2.05, 4.69) is 310 Å². The number of allylic oxidation sites excluding steroid dienone is 25. The van der Waals surface area contributed by atoms with Crippen LogP contribution in [-0.4, -0.2) is 0 Å². The Morgan fingerprint density at radius 2 is 1.47 bits per heavy atom. The topological polar surface area (TPSA) is 6.48 Å². The van der Waals surface area contributed by atoms with Crippen molar-refractivity contribution < 1.29 is 0 Å². The first-order valence-corrected chi connectivity index (χ1v) is 30.8. The van der Waals surface area contributed by atoms with Gasteiger partial charge in [-0.1, -0.05) is 245 Å². The van der Waals surface area contributed by atoms with Gasteiger partial charge in [0.1, 0.15) is 0 Å². The second kappa shape index (κ2) is 22.9. The Bertz CT molecular complexity index is 4320. The molecule has 1 aliphatic heterocycles. The summed E-state index contributed by atoms with van der Waals surface area (Å²) in [6.07, 6.45) is 52.0. The van der Waals surface area contributed by atoms with E-state index in [0.29, 0.717) is 18.4 Å². The highest BCUT2D eigenvalue weighted by Crippen LogP contribution is 2.64. The summed E-state index contributed by atoms with van der Waals surface area (Å²) in [4.78, 5) is 5.11. The van der Waals surface area contributed by atoms with Crippen LogP contribution in [0.15, 0.2) is 313 Å². The molecular formula is C83H72N2. The Morgan fingerprint density at radius 1 is 0.694 bits per heavy atom. The second-order valence-electron chi connectivity index (χ2n) is 23.5. The maximum Gasteiger partial charge on any atom is 0.0751 e. The smallest absolute Gasteiger partial charge is 0.0751 e. The Hall–Kier alpha value is -9.50. The lowest BCUT2D eigenvalue weighted by Crippen LogP contribution is -2.43. The third-order valence-electron chi connectivity index (χ3n) is 18.5. The van der Waals surface area contributed by atoms with E-state index in [-0.39, 0.29) is 0 Å². The van der Waals surface area contributed by atoms with E-state index in [1.54, 1.807) is 0 Å². The minimum Gasteiger partial charge on any atom is -0.336 e. The van der Waals surface area contributed by atoms with Crippen molar-refractivity contribution in [3.63, 3.8) is 0 Å². The number of fused-ring (bicyclic) bond motifs is 11. The first-order chi connectivity index (χ1) is 42.0. The highest BCUT2D eigenvalue weighted by molar-refractivity contribution is 5.98. The van der Waals surface area contributed by atoms with Crippen LogP contribution in [0.4, 0.5) is 17.1 Å². The Balaban J connectivity index is 1.00. The average molecular weight is 1100 g/mol. The lowest BCUT2D eigenvalue weighted by Gasteiger charge is -2.49. The first kappa shape index (κ1) is 53.5. The van der Waals surface area contributed by atoms with E-state index >= 15 is 0 Å². The molecule has 0 aromatic heterocycles. The number of hydrogen-bond donors (Lipinski definition) is 0. The summed E-state index contributed by atoms with van der Waals surface area (Å²) < 4.78 is 0. The molecule has 3 atom stereocenters. The summed E-state index contributed by atoms with van der Waals surface area (Å²) >= 11 is 0. The average Bonchev–Trinajstić information content (AvgIpc) is 1.59. The van der Waals surface area contributed by atoms with Crippen LogP contribution in [0, 0.1) is 11.8 Å². The summed E-state index contributed by atoms with van der Waals surface area (Å²) in [7, 11) is 0. The van der Waals surface area contributed by atoms with Crippen LogP contribution in [0.2, 0.25) is 0 Å². The van der Waals surface area contributed by atoms with Crippen molar-refractivity contribution in [1.29, 1.82) is 0 Å². The summed E-state index contributed by atoms with van der Waals surface area (Å²) in [5, 5.41) is 2.46. The zero-order valence-electron chi connectivity index (χ0n) is 49.2. The van der Waals surface area contributed by atoms with Crippen LogP contribution in [-0.2, 0) is 18.4 Å². The molecular weight excluding hydrogens is 1020 g/mol. The van der Waals surface area contributed by atoms with Crippen molar-refractivity contribution in [3.8, 4) is 11.1 Å². The second-order valence-corrected chi connectivity index (χ2v) is 23.5. The SMILES string of the molecule is C=C/C1=C(\c2ccc3c(c2)C2(C4=CCC(C)C=C4N(c4ccc(N(Cc5ccccc5/C=C\C)c5cccc6ccccc56)cc4)C4=C2C=CCC=C4)c2cc(C4=C5C=CC=CC5Cc5ccccc54)ccc2-3)C/C=C\C=C/C/C=C1/C=C\CC. The molecule has 3 unspecified atom stereocenters. The van der Waals surface area contributed by atoms with Crippen molar-refractivity contribution in [2.75, 3.05) is 9.80 Å². The van der Waals surface area contributed by atoms with Crippen LogP contribution in [0.1, 0.15) is 97.4 Å². The summed E-state index contributed by atoms with van der Waals surface area (Å²) in [5.74, 6) is 0.641. The van der Waals surface area contributed by atoms with Crippen LogP contribution >= 0.6 is 0 Å². The first-order valence-electron chi connectivity index (χ1n) is 30.8. The Kier molecular flexibility index (Phi) is 14.4. The van der Waals surface area contributed by atoms with Gasteiger partial charge in [0.2, 0.25) is 0 Å². The van der Waals surface area contributed by atoms with Gasteiger partial charge in [-0.15, -0.1) is 0 Å². The van der Waals surface area contributed by atoms with E-state index in [1.165, 1.54) is 123 Å². The van der Waals surface area contributed by atoms with Crippen LogP contribution in [0.5, 0.6) is 0 Å². The van der Waals surface area contributed by atoms with Gasteiger partial charge in [0.25, 0.3) is 0 Å². The number of anilines is 3. The predicted octanol–water partition coefficient (Wildman–Crippen LogP) is 21.5. The van der Waals surface area contributed by atoms with Crippen molar-refractivity contribution in [2.45, 2.75) is 71.3 Å². The molecule has 0 radical (unpaired) electrons.